The molecule has 2 aromatic carbocycles. The van der Waals surface area contributed by atoms with E-state index < -0.39 is 0 Å². The van der Waals surface area contributed by atoms with Crippen LogP contribution in [0.5, 0.6) is 0 Å². The first-order chi connectivity index (χ1) is 12.6. The number of nitrogens with one attached hydrogen (secondary N) is 2. The number of carbonyl (C=O) groups excluding carboxylic acids is 1. The van der Waals surface area contributed by atoms with E-state index in [1.807, 2.05) is 31.2 Å². The Hall–Kier alpha value is -2.79. The van der Waals surface area contributed by atoms with Crippen LogP contribution in [-0.2, 0) is 6.54 Å². The highest BCUT2D eigenvalue weighted by molar-refractivity contribution is 6.30. The van der Waals surface area contributed by atoms with E-state index in [2.05, 4.69) is 10.3 Å². The highest BCUT2D eigenvalue weighted by Crippen LogP contribution is 2.18. The SMILES string of the molecule is CCCN(Cc1cc(=O)[nH]c2ccccc12)C(=O)Nc1ccc(Cl)cc1. The van der Waals surface area contributed by atoms with Crippen LogP contribution in [0.2, 0.25) is 5.02 Å². The topological polar surface area (TPSA) is 65.2 Å². The number of pyridine rings is 1. The first kappa shape index (κ1) is 18.0. The van der Waals surface area contributed by atoms with Crippen LogP contribution in [0.15, 0.2) is 59.4 Å². The van der Waals surface area contributed by atoms with E-state index in [9.17, 15) is 9.59 Å². The van der Waals surface area contributed by atoms with Crippen molar-refractivity contribution in [3.63, 3.8) is 0 Å². The smallest absolute Gasteiger partial charge is 0.322 e. The fraction of sp³-hybridized carbons (Fsp3) is 0.200. The minimum atomic E-state index is -0.210. The molecule has 0 aliphatic rings. The Morgan fingerprint density at radius 2 is 1.88 bits per heavy atom. The molecule has 26 heavy (non-hydrogen) atoms. The molecule has 0 aliphatic heterocycles. The van der Waals surface area contributed by atoms with Crippen molar-refractivity contribution in [2.45, 2.75) is 19.9 Å². The van der Waals surface area contributed by atoms with E-state index in [4.69, 9.17) is 11.6 Å². The van der Waals surface area contributed by atoms with Crippen molar-refractivity contribution in [3.05, 3.63) is 75.5 Å². The lowest BCUT2D eigenvalue weighted by Crippen LogP contribution is -2.35. The number of aromatic amines is 1. The Balaban J connectivity index is 1.85. The Kier molecular flexibility index (Phi) is 5.58. The van der Waals surface area contributed by atoms with Crippen LogP contribution in [0.1, 0.15) is 18.9 Å². The molecule has 1 heterocycles. The van der Waals surface area contributed by atoms with E-state index >= 15 is 0 Å². The predicted octanol–water partition coefficient (Wildman–Crippen LogP) is 4.63. The number of H-pyrrole nitrogens is 1. The average Bonchev–Trinajstić information content (AvgIpc) is 2.63. The van der Waals surface area contributed by atoms with E-state index in [1.165, 1.54) is 0 Å². The monoisotopic (exact) mass is 369 g/mol. The number of fused-ring (bicyclic) bond motifs is 1. The molecule has 5 nitrogen and oxygen atoms in total. The van der Waals surface area contributed by atoms with Crippen LogP contribution in [0.3, 0.4) is 0 Å². The largest absolute Gasteiger partial charge is 0.322 e. The third kappa shape index (κ3) is 4.24. The molecule has 6 heteroatoms. The van der Waals surface area contributed by atoms with Crippen molar-refractivity contribution in [1.82, 2.24) is 9.88 Å². The number of nitrogens with zero attached hydrogens (tertiary/aromatic N) is 1. The summed E-state index contributed by atoms with van der Waals surface area (Å²) in [5.74, 6) is 0. The molecule has 2 N–H and O–H groups in total. The maximum atomic E-state index is 12.7. The molecule has 0 fully saturated rings. The van der Waals surface area contributed by atoms with Gasteiger partial charge >= 0.3 is 6.03 Å². The second kappa shape index (κ2) is 8.06. The van der Waals surface area contributed by atoms with Gasteiger partial charge in [0, 0.05) is 40.8 Å². The van der Waals surface area contributed by atoms with Crippen LogP contribution in [-0.4, -0.2) is 22.5 Å². The van der Waals surface area contributed by atoms with Gasteiger partial charge in [-0.25, -0.2) is 4.79 Å². The first-order valence-corrected chi connectivity index (χ1v) is 8.87. The number of halogens is 1. The second-order valence-corrected chi connectivity index (χ2v) is 6.50. The van der Waals surface area contributed by atoms with Gasteiger partial charge in [-0.2, -0.15) is 0 Å². The zero-order valence-electron chi connectivity index (χ0n) is 14.5. The molecular formula is C20H20ClN3O2. The molecule has 0 unspecified atom stereocenters. The van der Waals surface area contributed by atoms with Gasteiger partial charge in [0.25, 0.3) is 0 Å². The summed E-state index contributed by atoms with van der Waals surface area (Å²) in [7, 11) is 0. The number of urea groups is 1. The van der Waals surface area contributed by atoms with Crippen molar-refractivity contribution in [1.29, 1.82) is 0 Å². The van der Waals surface area contributed by atoms with E-state index in [0.717, 1.165) is 22.9 Å². The number of hydrogen-bond acceptors (Lipinski definition) is 2. The third-order valence-corrected chi connectivity index (χ3v) is 4.33. The normalized spacial score (nSPS) is 10.7. The van der Waals surface area contributed by atoms with Crippen LogP contribution in [0, 0.1) is 0 Å². The number of anilines is 1. The van der Waals surface area contributed by atoms with E-state index in [0.29, 0.717) is 23.8 Å². The first-order valence-electron chi connectivity index (χ1n) is 8.49. The standard InChI is InChI=1S/C20H20ClN3O2/c1-2-11-24(20(26)22-16-9-7-15(21)8-10-16)13-14-12-19(25)23-18-6-4-3-5-17(14)18/h3-10,12H,2,11,13H2,1H3,(H,22,26)(H,23,25). The lowest BCUT2D eigenvalue weighted by Gasteiger charge is -2.23. The van der Waals surface area contributed by atoms with Gasteiger partial charge in [-0.1, -0.05) is 36.7 Å². The average molecular weight is 370 g/mol. The van der Waals surface area contributed by atoms with Crippen molar-refractivity contribution in [3.8, 4) is 0 Å². The van der Waals surface area contributed by atoms with Gasteiger partial charge in [0.1, 0.15) is 0 Å². The fourth-order valence-corrected chi connectivity index (χ4v) is 3.00. The van der Waals surface area contributed by atoms with Gasteiger partial charge in [-0.15, -0.1) is 0 Å². The van der Waals surface area contributed by atoms with Crippen molar-refractivity contribution >= 4 is 34.2 Å². The molecule has 2 amide bonds. The minimum absolute atomic E-state index is 0.173. The van der Waals surface area contributed by atoms with Crippen molar-refractivity contribution in [2.75, 3.05) is 11.9 Å². The zero-order valence-corrected chi connectivity index (χ0v) is 15.2. The number of rotatable bonds is 5. The Bertz CT molecular complexity index is 967. The molecule has 1 aromatic heterocycles. The van der Waals surface area contributed by atoms with Gasteiger partial charge in [0.05, 0.1) is 0 Å². The fourth-order valence-electron chi connectivity index (χ4n) is 2.87. The van der Waals surface area contributed by atoms with Gasteiger partial charge in [0.2, 0.25) is 5.56 Å². The zero-order chi connectivity index (χ0) is 18.5. The van der Waals surface area contributed by atoms with E-state index in [-0.39, 0.29) is 11.6 Å². The van der Waals surface area contributed by atoms with Gasteiger partial charge in [0.15, 0.2) is 0 Å². The lowest BCUT2D eigenvalue weighted by atomic mass is 10.1. The predicted molar refractivity (Wildman–Crippen MR) is 106 cm³/mol. The molecule has 0 aliphatic carbocycles. The molecule has 0 saturated carbocycles. The summed E-state index contributed by atoms with van der Waals surface area (Å²) in [6.07, 6.45) is 0.815. The molecule has 0 saturated heterocycles. The molecule has 134 valence electrons. The van der Waals surface area contributed by atoms with Crippen LogP contribution < -0.4 is 10.9 Å². The molecule has 3 rings (SSSR count). The Morgan fingerprint density at radius 1 is 1.15 bits per heavy atom. The number of para-hydroxylation sites is 1. The molecule has 3 aromatic rings. The van der Waals surface area contributed by atoms with E-state index in [1.54, 1.807) is 35.2 Å². The third-order valence-electron chi connectivity index (χ3n) is 4.07. The number of amides is 2. The summed E-state index contributed by atoms with van der Waals surface area (Å²) in [6.45, 7) is 2.96. The summed E-state index contributed by atoms with van der Waals surface area (Å²) in [6, 6.07) is 15.9. The number of benzene rings is 2. The van der Waals surface area contributed by atoms with Gasteiger partial charge < -0.3 is 15.2 Å². The molecule has 0 bridgehead atoms. The lowest BCUT2D eigenvalue weighted by molar-refractivity contribution is 0.209. The second-order valence-electron chi connectivity index (χ2n) is 6.06. The number of carbonyl (C=O) groups is 1. The molecular weight excluding hydrogens is 350 g/mol. The summed E-state index contributed by atoms with van der Waals surface area (Å²) in [4.78, 5) is 29.2. The maximum Gasteiger partial charge on any atom is 0.322 e. The Morgan fingerprint density at radius 3 is 2.62 bits per heavy atom. The quantitative estimate of drug-likeness (QED) is 0.688. The number of aromatic nitrogens is 1. The minimum Gasteiger partial charge on any atom is -0.322 e. The summed E-state index contributed by atoms with van der Waals surface area (Å²) >= 11 is 5.88. The van der Waals surface area contributed by atoms with Crippen molar-refractivity contribution < 1.29 is 4.79 Å². The Labute approximate surface area is 156 Å². The summed E-state index contributed by atoms with van der Waals surface area (Å²) in [5.41, 5.74) is 2.10. The highest BCUT2D eigenvalue weighted by Gasteiger charge is 2.15. The van der Waals surface area contributed by atoms with Crippen molar-refractivity contribution in [2.24, 2.45) is 0 Å². The molecule has 0 spiro atoms. The van der Waals surface area contributed by atoms with Crippen LogP contribution in [0.4, 0.5) is 10.5 Å². The van der Waals surface area contributed by atoms with Gasteiger partial charge in [-0.05, 0) is 42.3 Å². The summed E-state index contributed by atoms with van der Waals surface area (Å²) in [5, 5.41) is 4.43. The van der Waals surface area contributed by atoms with Crippen LogP contribution >= 0.6 is 11.6 Å². The number of hydrogen-bond donors (Lipinski definition) is 2. The maximum absolute atomic E-state index is 12.7. The highest BCUT2D eigenvalue weighted by atomic mass is 35.5. The van der Waals surface area contributed by atoms with Gasteiger partial charge in [-0.3, -0.25) is 4.79 Å². The van der Waals surface area contributed by atoms with Crippen LogP contribution in [0.25, 0.3) is 10.9 Å². The summed E-state index contributed by atoms with van der Waals surface area (Å²) < 4.78 is 0. The molecule has 0 atom stereocenters. The molecule has 0 radical (unpaired) electrons.